The van der Waals surface area contributed by atoms with Gasteiger partial charge in [0.2, 0.25) is 10.0 Å². The van der Waals surface area contributed by atoms with Crippen LogP contribution in [0.3, 0.4) is 0 Å². The SMILES string of the molecule is NCc1ccccc1CS(=O)(=O)N1CCOCC1CO. The van der Waals surface area contributed by atoms with Crippen molar-refractivity contribution in [3.8, 4) is 0 Å². The van der Waals surface area contributed by atoms with Gasteiger partial charge in [-0.1, -0.05) is 24.3 Å². The second-order valence-electron chi connectivity index (χ2n) is 4.75. The van der Waals surface area contributed by atoms with Crippen LogP contribution in [0.1, 0.15) is 11.1 Å². The quantitative estimate of drug-likeness (QED) is 0.776. The van der Waals surface area contributed by atoms with Crippen LogP contribution in [0.2, 0.25) is 0 Å². The molecule has 1 heterocycles. The highest BCUT2D eigenvalue weighted by molar-refractivity contribution is 7.88. The molecule has 7 heteroatoms. The molecule has 1 aliphatic heterocycles. The molecule has 1 saturated heterocycles. The number of aliphatic hydroxyl groups excluding tert-OH is 1. The molecule has 1 aliphatic rings. The van der Waals surface area contributed by atoms with E-state index in [1.54, 1.807) is 12.1 Å². The minimum Gasteiger partial charge on any atom is -0.395 e. The highest BCUT2D eigenvalue weighted by Crippen LogP contribution is 2.19. The number of ether oxygens (including phenoxy) is 1. The Morgan fingerprint density at radius 1 is 1.35 bits per heavy atom. The molecule has 0 bridgehead atoms. The van der Waals surface area contributed by atoms with Gasteiger partial charge in [0.05, 0.1) is 31.6 Å². The number of hydrogen-bond acceptors (Lipinski definition) is 5. The van der Waals surface area contributed by atoms with Gasteiger partial charge in [-0.15, -0.1) is 0 Å². The summed E-state index contributed by atoms with van der Waals surface area (Å²) in [4.78, 5) is 0. The molecule has 20 heavy (non-hydrogen) atoms. The number of benzene rings is 1. The van der Waals surface area contributed by atoms with Crippen molar-refractivity contribution in [3.63, 3.8) is 0 Å². The summed E-state index contributed by atoms with van der Waals surface area (Å²) in [6.07, 6.45) is 0. The zero-order valence-electron chi connectivity index (χ0n) is 11.2. The standard InChI is InChI=1S/C13H20N2O4S/c14-7-11-3-1-2-4-12(11)10-20(17,18)15-5-6-19-9-13(15)8-16/h1-4,13,16H,5-10,14H2. The highest BCUT2D eigenvalue weighted by Gasteiger charge is 2.32. The van der Waals surface area contributed by atoms with E-state index in [9.17, 15) is 13.5 Å². The third kappa shape index (κ3) is 3.36. The van der Waals surface area contributed by atoms with E-state index in [1.165, 1.54) is 4.31 Å². The van der Waals surface area contributed by atoms with Crippen molar-refractivity contribution in [2.45, 2.75) is 18.3 Å². The first kappa shape index (κ1) is 15.4. The number of morpholine rings is 1. The summed E-state index contributed by atoms with van der Waals surface area (Å²) >= 11 is 0. The average Bonchev–Trinajstić information content (AvgIpc) is 2.47. The summed E-state index contributed by atoms with van der Waals surface area (Å²) < 4.78 is 31.6. The Balaban J connectivity index is 2.22. The lowest BCUT2D eigenvalue weighted by Gasteiger charge is -2.33. The van der Waals surface area contributed by atoms with E-state index in [0.717, 1.165) is 5.56 Å². The molecule has 1 atom stereocenters. The van der Waals surface area contributed by atoms with Crippen molar-refractivity contribution in [2.75, 3.05) is 26.4 Å². The predicted octanol–water partition coefficient (Wildman–Crippen LogP) is -0.332. The molecular weight excluding hydrogens is 280 g/mol. The maximum absolute atomic E-state index is 12.5. The molecule has 1 unspecified atom stereocenters. The van der Waals surface area contributed by atoms with E-state index in [-0.39, 0.29) is 25.5 Å². The zero-order valence-corrected chi connectivity index (χ0v) is 12.1. The summed E-state index contributed by atoms with van der Waals surface area (Å²) in [5.41, 5.74) is 7.16. The van der Waals surface area contributed by atoms with Crippen LogP contribution in [0.25, 0.3) is 0 Å². The fraction of sp³-hybridized carbons (Fsp3) is 0.538. The molecule has 112 valence electrons. The Hall–Kier alpha value is -0.990. The van der Waals surface area contributed by atoms with E-state index < -0.39 is 16.1 Å². The van der Waals surface area contributed by atoms with Gasteiger partial charge in [-0.2, -0.15) is 4.31 Å². The van der Waals surface area contributed by atoms with Gasteiger partial charge in [0.15, 0.2) is 0 Å². The number of nitrogens with two attached hydrogens (primary N) is 1. The van der Waals surface area contributed by atoms with Gasteiger partial charge >= 0.3 is 0 Å². The van der Waals surface area contributed by atoms with Gasteiger partial charge in [0.1, 0.15) is 0 Å². The van der Waals surface area contributed by atoms with Crippen molar-refractivity contribution in [3.05, 3.63) is 35.4 Å². The van der Waals surface area contributed by atoms with Crippen LogP contribution in [0.15, 0.2) is 24.3 Å². The number of aliphatic hydroxyl groups is 1. The van der Waals surface area contributed by atoms with Crippen molar-refractivity contribution in [1.82, 2.24) is 4.31 Å². The first-order chi connectivity index (χ1) is 9.58. The molecule has 0 amide bonds. The second kappa shape index (κ2) is 6.64. The summed E-state index contributed by atoms with van der Waals surface area (Å²) in [6.45, 7) is 0.927. The van der Waals surface area contributed by atoms with Crippen molar-refractivity contribution >= 4 is 10.0 Å². The van der Waals surface area contributed by atoms with Crippen LogP contribution in [-0.2, 0) is 27.1 Å². The van der Waals surface area contributed by atoms with Crippen LogP contribution in [-0.4, -0.2) is 50.2 Å². The minimum absolute atomic E-state index is 0.100. The Morgan fingerprint density at radius 2 is 2.05 bits per heavy atom. The van der Waals surface area contributed by atoms with Gasteiger partial charge in [0, 0.05) is 13.1 Å². The number of sulfonamides is 1. The Morgan fingerprint density at radius 3 is 2.70 bits per heavy atom. The zero-order chi connectivity index (χ0) is 14.6. The lowest BCUT2D eigenvalue weighted by atomic mass is 10.1. The van der Waals surface area contributed by atoms with Crippen LogP contribution < -0.4 is 5.73 Å². The smallest absolute Gasteiger partial charge is 0.218 e. The molecule has 0 spiro atoms. The maximum Gasteiger partial charge on any atom is 0.218 e. The predicted molar refractivity (Wildman–Crippen MR) is 75.4 cm³/mol. The Kier molecular flexibility index (Phi) is 5.11. The van der Waals surface area contributed by atoms with Gasteiger partial charge in [0.25, 0.3) is 0 Å². The van der Waals surface area contributed by atoms with Gasteiger partial charge in [-0.25, -0.2) is 8.42 Å². The number of nitrogens with zero attached hydrogens (tertiary/aromatic N) is 1. The summed E-state index contributed by atoms with van der Waals surface area (Å²) in [5.74, 6) is -0.100. The molecule has 0 aliphatic carbocycles. The fourth-order valence-corrected chi connectivity index (χ4v) is 4.10. The molecule has 0 aromatic heterocycles. The van der Waals surface area contributed by atoms with E-state index in [0.29, 0.717) is 18.7 Å². The molecule has 0 saturated carbocycles. The molecule has 1 fully saturated rings. The highest BCUT2D eigenvalue weighted by atomic mass is 32.2. The lowest BCUT2D eigenvalue weighted by molar-refractivity contribution is 0.0108. The molecule has 3 N–H and O–H groups in total. The second-order valence-corrected chi connectivity index (χ2v) is 6.67. The maximum atomic E-state index is 12.5. The van der Waals surface area contributed by atoms with Gasteiger partial charge in [-0.3, -0.25) is 0 Å². The van der Waals surface area contributed by atoms with Crippen LogP contribution in [0.4, 0.5) is 0 Å². The topological polar surface area (TPSA) is 92.9 Å². The van der Waals surface area contributed by atoms with Crippen molar-refractivity contribution < 1.29 is 18.3 Å². The van der Waals surface area contributed by atoms with Crippen molar-refractivity contribution in [2.24, 2.45) is 5.73 Å². The molecule has 6 nitrogen and oxygen atoms in total. The Bertz CT molecular complexity index is 547. The molecule has 2 rings (SSSR count). The minimum atomic E-state index is -3.49. The van der Waals surface area contributed by atoms with Crippen LogP contribution >= 0.6 is 0 Å². The third-order valence-electron chi connectivity index (χ3n) is 3.42. The monoisotopic (exact) mass is 300 g/mol. The van der Waals surface area contributed by atoms with Crippen LogP contribution in [0, 0.1) is 0 Å². The summed E-state index contributed by atoms with van der Waals surface area (Å²) in [5, 5.41) is 9.29. The number of hydrogen-bond donors (Lipinski definition) is 2. The van der Waals surface area contributed by atoms with E-state index in [2.05, 4.69) is 0 Å². The normalized spacial score (nSPS) is 21.0. The molecule has 1 aromatic rings. The molecule has 1 aromatic carbocycles. The van der Waals surface area contributed by atoms with E-state index in [4.69, 9.17) is 10.5 Å². The van der Waals surface area contributed by atoms with E-state index >= 15 is 0 Å². The van der Waals surface area contributed by atoms with E-state index in [1.807, 2.05) is 12.1 Å². The first-order valence-corrected chi connectivity index (χ1v) is 8.14. The van der Waals surface area contributed by atoms with Crippen molar-refractivity contribution in [1.29, 1.82) is 0 Å². The third-order valence-corrected chi connectivity index (χ3v) is 5.29. The summed E-state index contributed by atoms with van der Waals surface area (Å²) in [6, 6.07) is 6.73. The largest absolute Gasteiger partial charge is 0.395 e. The van der Waals surface area contributed by atoms with Gasteiger partial charge in [-0.05, 0) is 11.1 Å². The number of rotatable bonds is 5. The Labute approximate surface area is 119 Å². The fourth-order valence-electron chi connectivity index (χ4n) is 2.33. The first-order valence-electron chi connectivity index (χ1n) is 6.53. The molecule has 0 radical (unpaired) electrons. The summed E-state index contributed by atoms with van der Waals surface area (Å²) in [7, 11) is -3.49. The molecular formula is C13H20N2O4S. The average molecular weight is 300 g/mol. The lowest BCUT2D eigenvalue weighted by Crippen LogP contribution is -2.50. The van der Waals surface area contributed by atoms with Crippen LogP contribution in [0.5, 0.6) is 0 Å². The van der Waals surface area contributed by atoms with Gasteiger partial charge < -0.3 is 15.6 Å².